The first-order valence-corrected chi connectivity index (χ1v) is 4.70. The second-order valence-electron chi connectivity index (χ2n) is 2.18. The summed E-state index contributed by atoms with van der Waals surface area (Å²) in [5.74, 6) is 0.589. The van der Waals surface area contributed by atoms with Gasteiger partial charge in [-0.05, 0) is 0 Å². The van der Waals surface area contributed by atoms with Crippen LogP contribution in [0.25, 0.3) is 0 Å². The van der Waals surface area contributed by atoms with Crippen molar-refractivity contribution >= 4 is 28.1 Å². The lowest BCUT2D eigenvalue weighted by molar-refractivity contribution is 0.411. The summed E-state index contributed by atoms with van der Waals surface area (Å²) in [6.45, 7) is 0.486. The second-order valence-corrected chi connectivity index (χ2v) is 3.42. The maximum Gasteiger partial charge on any atom is 0.213 e. The summed E-state index contributed by atoms with van der Waals surface area (Å²) in [5, 5.41) is 9.62. The van der Waals surface area contributed by atoms with Gasteiger partial charge in [-0.3, -0.25) is 0 Å². The monoisotopic (exact) mass is 216 g/mol. The van der Waals surface area contributed by atoms with Crippen LogP contribution in [0.15, 0.2) is 16.3 Å². The Morgan fingerprint density at radius 3 is 3.15 bits per heavy atom. The SMILES string of the molecule is Clc1csc(NCc2ncon2)n1. The van der Waals surface area contributed by atoms with E-state index in [1.165, 1.54) is 17.7 Å². The summed E-state index contributed by atoms with van der Waals surface area (Å²) in [7, 11) is 0. The van der Waals surface area contributed by atoms with Gasteiger partial charge in [-0.25, -0.2) is 4.98 Å². The molecule has 0 saturated heterocycles. The number of rotatable bonds is 3. The molecule has 2 aromatic rings. The number of anilines is 1. The van der Waals surface area contributed by atoms with Crippen LogP contribution in [0.2, 0.25) is 5.15 Å². The third-order valence-corrected chi connectivity index (χ3v) is 2.40. The van der Waals surface area contributed by atoms with Crippen LogP contribution in [-0.4, -0.2) is 15.1 Å². The number of halogens is 1. The number of nitrogens with zero attached hydrogens (tertiary/aromatic N) is 3. The molecule has 0 aliphatic rings. The Balaban J connectivity index is 1.93. The average Bonchev–Trinajstić information content (AvgIpc) is 2.71. The molecule has 0 radical (unpaired) electrons. The molecule has 0 atom stereocenters. The van der Waals surface area contributed by atoms with E-state index >= 15 is 0 Å². The number of nitrogens with one attached hydrogen (secondary N) is 1. The van der Waals surface area contributed by atoms with Crippen LogP contribution >= 0.6 is 22.9 Å². The molecule has 1 N–H and O–H groups in total. The molecule has 13 heavy (non-hydrogen) atoms. The van der Waals surface area contributed by atoms with Crippen LogP contribution in [0, 0.1) is 0 Å². The topological polar surface area (TPSA) is 63.8 Å². The highest BCUT2D eigenvalue weighted by atomic mass is 35.5. The first-order valence-electron chi connectivity index (χ1n) is 3.45. The van der Waals surface area contributed by atoms with Gasteiger partial charge in [0.1, 0.15) is 5.15 Å². The Hall–Kier alpha value is -1.14. The predicted octanol–water partition coefficient (Wildman–Crippen LogP) is 1.79. The van der Waals surface area contributed by atoms with Crippen molar-refractivity contribution in [3.63, 3.8) is 0 Å². The third kappa shape index (κ3) is 2.16. The molecule has 0 amide bonds. The quantitative estimate of drug-likeness (QED) is 0.848. The number of hydrogen-bond acceptors (Lipinski definition) is 6. The largest absolute Gasteiger partial charge is 0.354 e. The van der Waals surface area contributed by atoms with Gasteiger partial charge in [0, 0.05) is 5.38 Å². The standard InChI is InChI=1S/C6H5ClN4OS/c7-4-2-13-6(10-4)8-1-5-9-3-12-11-5/h2-3H,1H2,(H,8,10). The molecule has 0 saturated carbocycles. The zero-order chi connectivity index (χ0) is 9.10. The van der Waals surface area contributed by atoms with Crippen LogP contribution in [0.5, 0.6) is 0 Å². The van der Waals surface area contributed by atoms with Crippen molar-refractivity contribution in [1.82, 2.24) is 15.1 Å². The highest BCUT2D eigenvalue weighted by Crippen LogP contribution is 2.18. The summed E-state index contributed by atoms with van der Waals surface area (Å²) < 4.78 is 4.56. The van der Waals surface area contributed by atoms with Gasteiger partial charge in [-0.15, -0.1) is 11.3 Å². The highest BCUT2D eigenvalue weighted by molar-refractivity contribution is 7.14. The Morgan fingerprint density at radius 2 is 2.54 bits per heavy atom. The first-order chi connectivity index (χ1) is 6.34. The van der Waals surface area contributed by atoms with E-state index in [-0.39, 0.29) is 0 Å². The fraction of sp³-hybridized carbons (Fsp3) is 0.167. The lowest BCUT2D eigenvalue weighted by atomic mass is 10.6. The van der Waals surface area contributed by atoms with E-state index in [1.54, 1.807) is 5.38 Å². The van der Waals surface area contributed by atoms with E-state index in [9.17, 15) is 0 Å². The summed E-state index contributed by atoms with van der Waals surface area (Å²) in [6, 6.07) is 0. The fourth-order valence-electron chi connectivity index (χ4n) is 0.760. The molecule has 0 spiro atoms. The third-order valence-electron chi connectivity index (χ3n) is 1.28. The molecule has 0 aliphatic carbocycles. The van der Waals surface area contributed by atoms with Crippen molar-refractivity contribution in [2.45, 2.75) is 6.54 Å². The Morgan fingerprint density at radius 1 is 1.62 bits per heavy atom. The van der Waals surface area contributed by atoms with Gasteiger partial charge < -0.3 is 9.84 Å². The fourth-order valence-corrected chi connectivity index (χ4v) is 1.60. The van der Waals surface area contributed by atoms with Gasteiger partial charge in [-0.1, -0.05) is 16.8 Å². The van der Waals surface area contributed by atoms with Crippen LogP contribution in [0.3, 0.4) is 0 Å². The van der Waals surface area contributed by atoms with Gasteiger partial charge in [0.05, 0.1) is 6.54 Å². The molecular weight excluding hydrogens is 212 g/mol. The van der Waals surface area contributed by atoms with Crippen LogP contribution in [0.4, 0.5) is 5.13 Å². The molecule has 0 bridgehead atoms. The number of aromatic nitrogens is 3. The molecule has 7 heteroatoms. The summed E-state index contributed by atoms with van der Waals surface area (Å²) in [6.07, 6.45) is 1.28. The number of thiazole rings is 1. The minimum atomic E-state index is 0.486. The van der Waals surface area contributed by atoms with Gasteiger partial charge >= 0.3 is 0 Å². The molecular formula is C6H5ClN4OS. The maximum atomic E-state index is 5.63. The van der Waals surface area contributed by atoms with Crippen molar-refractivity contribution < 1.29 is 4.52 Å². The minimum absolute atomic E-state index is 0.486. The van der Waals surface area contributed by atoms with Crippen LogP contribution in [-0.2, 0) is 6.54 Å². The van der Waals surface area contributed by atoms with E-state index in [0.29, 0.717) is 17.5 Å². The highest BCUT2D eigenvalue weighted by Gasteiger charge is 2.01. The molecule has 0 aromatic carbocycles. The molecule has 2 rings (SSSR count). The van der Waals surface area contributed by atoms with E-state index in [1.807, 2.05) is 0 Å². The smallest absolute Gasteiger partial charge is 0.213 e. The van der Waals surface area contributed by atoms with Gasteiger partial charge in [-0.2, -0.15) is 4.98 Å². The summed E-state index contributed by atoms with van der Waals surface area (Å²) >= 11 is 7.06. The molecule has 0 fully saturated rings. The van der Waals surface area contributed by atoms with Crippen LogP contribution in [0.1, 0.15) is 5.82 Å². The van der Waals surface area contributed by atoms with Crippen molar-refractivity contribution in [1.29, 1.82) is 0 Å². The first kappa shape index (κ1) is 8.46. The molecule has 2 aromatic heterocycles. The molecule has 68 valence electrons. The van der Waals surface area contributed by atoms with Crippen LogP contribution < -0.4 is 5.32 Å². The van der Waals surface area contributed by atoms with E-state index in [2.05, 4.69) is 25.0 Å². The number of hydrogen-bond donors (Lipinski definition) is 1. The zero-order valence-electron chi connectivity index (χ0n) is 6.40. The second kappa shape index (κ2) is 3.71. The molecule has 5 nitrogen and oxygen atoms in total. The van der Waals surface area contributed by atoms with E-state index < -0.39 is 0 Å². The molecule has 0 aliphatic heterocycles. The predicted molar refractivity (Wildman–Crippen MR) is 48.7 cm³/mol. The molecule has 0 unspecified atom stereocenters. The molecule has 2 heterocycles. The van der Waals surface area contributed by atoms with Crippen molar-refractivity contribution in [3.8, 4) is 0 Å². The summed E-state index contributed by atoms with van der Waals surface area (Å²) in [5.41, 5.74) is 0. The minimum Gasteiger partial charge on any atom is -0.354 e. The maximum absolute atomic E-state index is 5.63. The Labute approximate surface area is 82.8 Å². The normalized spacial score (nSPS) is 10.2. The Kier molecular flexibility index (Phi) is 2.42. The van der Waals surface area contributed by atoms with Crippen molar-refractivity contribution in [2.24, 2.45) is 0 Å². The van der Waals surface area contributed by atoms with Gasteiger partial charge in [0.15, 0.2) is 11.0 Å². The Bertz CT molecular complexity index is 374. The average molecular weight is 217 g/mol. The summed E-state index contributed by atoms with van der Waals surface area (Å²) in [4.78, 5) is 7.84. The zero-order valence-corrected chi connectivity index (χ0v) is 7.97. The van der Waals surface area contributed by atoms with Crippen molar-refractivity contribution in [2.75, 3.05) is 5.32 Å². The van der Waals surface area contributed by atoms with Crippen molar-refractivity contribution in [3.05, 3.63) is 22.8 Å². The van der Waals surface area contributed by atoms with Gasteiger partial charge in [0.2, 0.25) is 6.39 Å². The van der Waals surface area contributed by atoms with E-state index in [4.69, 9.17) is 11.6 Å². The van der Waals surface area contributed by atoms with E-state index in [0.717, 1.165) is 5.13 Å². The van der Waals surface area contributed by atoms with Gasteiger partial charge in [0.25, 0.3) is 0 Å². The lowest BCUT2D eigenvalue weighted by Crippen LogP contribution is -2.00. The lowest BCUT2D eigenvalue weighted by Gasteiger charge is -1.95.